The van der Waals surface area contributed by atoms with Gasteiger partial charge < -0.3 is 10.2 Å². The third-order valence-corrected chi connectivity index (χ3v) is 5.22. The molecule has 1 fully saturated rings. The summed E-state index contributed by atoms with van der Waals surface area (Å²) in [5, 5.41) is 2.91. The number of anilines is 2. The first kappa shape index (κ1) is 17.0. The normalized spacial score (nSPS) is 15.0. The highest BCUT2D eigenvalue weighted by Gasteiger charge is 2.12. The zero-order valence-corrected chi connectivity index (χ0v) is 15.5. The summed E-state index contributed by atoms with van der Waals surface area (Å²) in [4.78, 5) is 19.2. The second-order valence-electron chi connectivity index (χ2n) is 6.22. The van der Waals surface area contributed by atoms with E-state index in [-0.39, 0.29) is 5.91 Å². The van der Waals surface area contributed by atoms with E-state index < -0.39 is 0 Å². The van der Waals surface area contributed by atoms with E-state index in [1.165, 1.54) is 25.7 Å². The SMILES string of the molecule is Cc1ccc(NC(=O)c2ccc(N3CCCCCC3)nc2)cc1Br. The van der Waals surface area contributed by atoms with E-state index in [9.17, 15) is 4.79 Å². The summed E-state index contributed by atoms with van der Waals surface area (Å²) in [5.74, 6) is 0.826. The monoisotopic (exact) mass is 387 g/mol. The van der Waals surface area contributed by atoms with E-state index in [0.717, 1.165) is 34.6 Å². The summed E-state index contributed by atoms with van der Waals surface area (Å²) in [5.41, 5.74) is 2.48. The van der Waals surface area contributed by atoms with Crippen LogP contribution in [0.5, 0.6) is 0 Å². The van der Waals surface area contributed by atoms with Crippen molar-refractivity contribution in [3.63, 3.8) is 0 Å². The lowest BCUT2D eigenvalue weighted by molar-refractivity contribution is 0.102. The third kappa shape index (κ3) is 4.15. The zero-order chi connectivity index (χ0) is 16.9. The minimum atomic E-state index is -0.138. The van der Waals surface area contributed by atoms with Crippen LogP contribution in [0.2, 0.25) is 0 Å². The van der Waals surface area contributed by atoms with Gasteiger partial charge in [-0.3, -0.25) is 4.79 Å². The molecule has 1 amide bonds. The molecule has 0 saturated carbocycles. The lowest BCUT2D eigenvalue weighted by Gasteiger charge is -2.21. The molecule has 1 aliphatic rings. The van der Waals surface area contributed by atoms with Gasteiger partial charge >= 0.3 is 0 Å². The van der Waals surface area contributed by atoms with E-state index in [1.807, 2.05) is 37.3 Å². The molecule has 1 aromatic carbocycles. The number of nitrogens with one attached hydrogen (secondary N) is 1. The minimum absolute atomic E-state index is 0.138. The highest BCUT2D eigenvalue weighted by molar-refractivity contribution is 9.10. The number of benzene rings is 1. The van der Waals surface area contributed by atoms with Crippen LogP contribution in [0, 0.1) is 6.92 Å². The summed E-state index contributed by atoms with van der Waals surface area (Å²) in [6.45, 7) is 4.12. The number of carbonyl (C=O) groups excluding carboxylic acids is 1. The van der Waals surface area contributed by atoms with Gasteiger partial charge in [0, 0.05) is 29.4 Å². The Kier molecular flexibility index (Phi) is 5.51. The first-order valence-electron chi connectivity index (χ1n) is 8.42. The van der Waals surface area contributed by atoms with Gasteiger partial charge in [-0.1, -0.05) is 34.8 Å². The molecule has 1 N–H and O–H groups in total. The number of pyridine rings is 1. The highest BCUT2D eigenvalue weighted by Crippen LogP contribution is 2.22. The lowest BCUT2D eigenvalue weighted by atomic mass is 10.2. The average molecular weight is 388 g/mol. The molecule has 2 heterocycles. The fourth-order valence-corrected chi connectivity index (χ4v) is 3.26. The van der Waals surface area contributed by atoms with Gasteiger partial charge in [0.25, 0.3) is 5.91 Å². The number of aromatic nitrogens is 1. The summed E-state index contributed by atoms with van der Waals surface area (Å²) >= 11 is 3.48. The lowest BCUT2D eigenvalue weighted by Crippen LogP contribution is -2.25. The zero-order valence-electron chi connectivity index (χ0n) is 13.9. The Morgan fingerprint density at radius 2 is 1.88 bits per heavy atom. The maximum absolute atomic E-state index is 12.4. The van der Waals surface area contributed by atoms with Crippen molar-refractivity contribution in [1.29, 1.82) is 0 Å². The summed E-state index contributed by atoms with van der Waals surface area (Å²) in [6, 6.07) is 9.58. The smallest absolute Gasteiger partial charge is 0.257 e. The molecular formula is C19H22BrN3O. The molecule has 0 radical (unpaired) electrons. The molecule has 126 valence electrons. The van der Waals surface area contributed by atoms with Gasteiger partial charge in [0.2, 0.25) is 0 Å². The van der Waals surface area contributed by atoms with Crippen molar-refractivity contribution in [3.05, 3.63) is 52.1 Å². The van der Waals surface area contributed by atoms with Crippen molar-refractivity contribution in [3.8, 4) is 0 Å². The molecule has 0 spiro atoms. The first-order valence-corrected chi connectivity index (χ1v) is 9.21. The van der Waals surface area contributed by atoms with Gasteiger partial charge in [-0.25, -0.2) is 4.98 Å². The number of hydrogen-bond acceptors (Lipinski definition) is 3. The number of amides is 1. The predicted molar refractivity (Wildman–Crippen MR) is 102 cm³/mol. The van der Waals surface area contributed by atoms with Gasteiger partial charge in [-0.2, -0.15) is 0 Å². The van der Waals surface area contributed by atoms with E-state index in [0.29, 0.717) is 5.56 Å². The van der Waals surface area contributed by atoms with Crippen molar-refractivity contribution in [2.45, 2.75) is 32.6 Å². The van der Waals surface area contributed by atoms with Crippen molar-refractivity contribution in [1.82, 2.24) is 4.98 Å². The molecular weight excluding hydrogens is 366 g/mol. The second kappa shape index (κ2) is 7.79. The summed E-state index contributed by atoms with van der Waals surface area (Å²) in [6.07, 6.45) is 6.68. The molecule has 0 unspecified atom stereocenters. The molecule has 2 aromatic rings. The maximum Gasteiger partial charge on any atom is 0.257 e. The van der Waals surface area contributed by atoms with E-state index in [2.05, 4.69) is 31.1 Å². The molecule has 0 bridgehead atoms. The first-order chi connectivity index (χ1) is 11.6. The van der Waals surface area contributed by atoms with Crippen LogP contribution in [0.3, 0.4) is 0 Å². The van der Waals surface area contributed by atoms with Crippen molar-refractivity contribution in [2.75, 3.05) is 23.3 Å². The largest absolute Gasteiger partial charge is 0.357 e. The number of nitrogens with zero attached hydrogens (tertiary/aromatic N) is 2. The van der Waals surface area contributed by atoms with Crippen LogP contribution < -0.4 is 10.2 Å². The molecule has 5 heteroatoms. The quantitative estimate of drug-likeness (QED) is 0.823. The standard InChI is InChI=1S/C19H22BrN3O/c1-14-6-8-16(12-17(14)20)22-19(24)15-7-9-18(21-13-15)23-10-4-2-3-5-11-23/h6-9,12-13H,2-5,10-11H2,1H3,(H,22,24). The number of halogens is 1. The van der Waals surface area contributed by atoms with Crippen LogP contribution in [0.1, 0.15) is 41.6 Å². The fraction of sp³-hybridized carbons (Fsp3) is 0.368. The molecule has 0 atom stereocenters. The number of aryl methyl sites for hydroxylation is 1. The second-order valence-corrected chi connectivity index (χ2v) is 7.08. The van der Waals surface area contributed by atoms with Gasteiger partial charge in [0.15, 0.2) is 0 Å². The number of carbonyl (C=O) groups is 1. The van der Waals surface area contributed by atoms with E-state index in [1.54, 1.807) is 6.20 Å². The van der Waals surface area contributed by atoms with Crippen LogP contribution in [-0.2, 0) is 0 Å². The Bertz CT molecular complexity index is 707. The predicted octanol–water partition coefficient (Wildman–Crippen LogP) is 4.79. The van der Waals surface area contributed by atoms with Crippen LogP contribution in [-0.4, -0.2) is 24.0 Å². The molecule has 4 nitrogen and oxygen atoms in total. The van der Waals surface area contributed by atoms with Gasteiger partial charge in [-0.15, -0.1) is 0 Å². The Morgan fingerprint density at radius 3 is 2.50 bits per heavy atom. The van der Waals surface area contributed by atoms with Gasteiger partial charge in [0.1, 0.15) is 5.82 Å². The Balaban J connectivity index is 1.68. The van der Waals surface area contributed by atoms with Crippen molar-refractivity contribution >= 4 is 33.3 Å². The Morgan fingerprint density at radius 1 is 1.12 bits per heavy atom. The minimum Gasteiger partial charge on any atom is -0.357 e. The summed E-state index contributed by atoms with van der Waals surface area (Å²) < 4.78 is 0.981. The summed E-state index contributed by atoms with van der Waals surface area (Å²) in [7, 11) is 0. The molecule has 1 aliphatic heterocycles. The molecule has 1 saturated heterocycles. The van der Waals surface area contributed by atoms with Crippen LogP contribution in [0.15, 0.2) is 41.0 Å². The number of hydrogen-bond donors (Lipinski definition) is 1. The maximum atomic E-state index is 12.4. The number of rotatable bonds is 3. The average Bonchev–Trinajstić information content (AvgIpc) is 2.88. The molecule has 1 aromatic heterocycles. The molecule has 3 rings (SSSR count). The Labute approximate surface area is 151 Å². The van der Waals surface area contributed by atoms with E-state index >= 15 is 0 Å². The molecule has 0 aliphatic carbocycles. The highest BCUT2D eigenvalue weighted by atomic mass is 79.9. The topological polar surface area (TPSA) is 45.2 Å². The third-order valence-electron chi connectivity index (χ3n) is 4.37. The van der Waals surface area contributed by atoms with Crippen LogP contribution in [0.25, 0.3) is 0 Å². The fourth-order valence-electron chi connectivity index (χ4n) is 2.88. The van der Waals surface area contributed by atoms with Gasteiger partial charge in [0.05, 0.1) is 5.56 Å². The van der Waals surface area contributed by atoms with Crippen molar-refractivity contribution < 1.29 is 4.79 Å². The van der Waals surface area contributed by atoms with Crippen molar-refractivity contribution in [2.24, 2.45) is 0 Å². The Hall–Kier alpha value is -1.88. The van der Waals surface area contributed by atoms with Crippen LogP contribution in [0.4, 0.5) is 11.5 Å². The van der Waals surface area contributed by atoms with Gasteiger partial charge in [-0.05, 0) is 49.6 Å². The van der Waals surface area contributed by atoms with E-state index in [4.69, 9.17) is 0 Å². The van der Waals surface area contributed by atoms with Crippen LogP contribution >= 0.6 is 15.9 Å². The molecule has 24 heavy (non-hydrogen) atoms.